The summed E-state index contributed by atoms with van der Waals surface area (Å²) in [7, 11) is -4.21. The second kappa shape index (κ2) is 5.00. The highest BCUT2D eigenvalue weighted by atomic mass is 31.2. The average molecular weight is 257 g/mol. The predicted octanol–water partition coefficient (Wildman–Crippen LogP) is 1.48. The fourth-order valence-corrected chi connectivity index (χ4v) is 1.82. The van der Waals surface area contributed by atoms with Crippen molar-refractivity contribution in [1.29, 1.82) is 0 Å². The van der Waals surface area contributed by atoms with E-state index < -0.39 is 19.8 Å². The molecule has 17 heavy (non-hydrogen) atoms. The van der Waals surface area contributed by atoms with E-state index in [2.05, 4.69) is 5.32 Å². The lowest BCUT2D eigenvalue weighted by Crippen LogP contribution is -2.25. The Labute approximate surface area is 100 Å². The molecular formula is C11H16NO4P. The molecule has 0 saturated carbocycles. The highest BCUT2D eigenvalue weighted by Gasteiger charge is 2.17. The molecule has 1 amide bonds. The van der Waals surface area contributed by atoms with Crippen molar-refractivity contribution in [2.75, 3.05) is 6.29 Å². The molecule has 0 radical (unpaired) electrons. The van der Waals surface area contributed by atoms with E-state index in [9.17, 15) is 9.36 Å². The van der Waals surface area contributed by atoms with E-state index in [4.69, 9.17) is 9.79 Å². The van der Waals surface area contributed by atoms with Crippen molar-refractivity contribution < 1.29 is 19.1 Å². The molecule has 0 aliphatic carbocycles. The van der Waals surface area contributed by atoms with Crippen LogP contribution in [0.3, 0.4) is 0 Å². The van der Waals surface area contributed by atoms with Gasteiger partial charge < -0.3 is 15.1 Å². The van der Waals surface area contributed by atoms with Crippen molar-refractivity contribution >= 4 is 13.5 Å². The maximum atomic E-state index is 11.7. The van der Waals surface area contributed by atoms with Gasteiger partial charge in [-0.3, -0.25) is 9.36 Å². The standard InChI is InChI=1S/C11H16NO4P/c1-7-4-5-10(9(3)8(7)2)11(13)12-6-17(14,15)16/h4-5H,6H2,1-3H3,(H,12,13)(H2,14,15,16). The van der Waals surface area contributed by atoms with Crippen LogP contribution < -0.4 is 5.32 Å². The minimum Gasteiger partial charge on any atom is -0.340 e. The van der Waals surface area contributed by atoms with Gasteiger partial charge in [0.15, 0.2) is 0 Å². The maximum Gasteiger partial charge on any atom is 0.344 e. The molecule has 0 unspecified atom stereocenters. The molecular weight excluding hydrogens is 241 g/mol. The Bertz CT molecular complexity index is 492. The molecule has 3 N–H and O–H groups in total. The number of carbonyl (C=O) groups excluding carboxylic acids is 1. The molecule has 5 nitrogen and oxygen atoms in total. The average Bonchev–Trinajstić information content (AvgIpc) is 2.22. The summed E-state index contributed by atoms with van der Waals surface area (Å²) in [5.41, 5.74) is 3.36. The molecule has 1 aromatic carbocycles. The molecule has 0 bridgehead atoms. The Kier molecular flexibility index (Phi) is 4.09. The van der Waals surface area contributed by atoms with Gasteiger partial charge in [-0.15, -0.1) is 0 Å². The third-order valence-corrected chi connectivity index (χ3v) is 3.32. The number of hydrogen-bond acceptors (Lipinski definition) is 2. The first-order valence-corrected chi connectivity index (χ1v) is 6.91. The summed E-state index contributed by atoms with van der Waals surface area (Å²) in [6, 6.07) is 3.47. The zero-order valence-electron chi connectivity index (χ0n) is 10.0. The van der Waals surface area contributed by atoms with Crippen LogP contribution in [0.1, 0.15) is 27.0 Å². The second-order valence-corrected chi connectivity index (χ2v) is 5.65. The minimum atomic E-state index is -4.21. The Morgan fingerprint density at radius 2 is 1.82 bits per heavy atom. The Morgan fingerprint density at radius 1 is 1.24 bits per heavy atom. The molecule has 1 aromatic rings. The first kappa shape index (κ1) is 13.9. The van der Waals surface area contributed by atoms with Crippen LogP contribution in [0.5, 0.6) is 0 Å². The van der Waals surface area contributed by atoms with Gasteiger partial charge in [-0.2, -0.15) is 0 Å². The van der Waals surface area contributed by atoms with Gasteiger partial charge in [0, 0.05) is 5.56 Å². The molecule has 1 rings (SSSR count). The number of carbonyl (C=O) groups is 1. The summed E-state index contributed by atoms with van der Waals surface area (Å²) in [5.74, 6) is -0.464. The summed E-state index contributed by atoms with van der Waals surface area (Å²) in [5, 5.41) is 2.22. The number of rotatable bonds is 3. The fraction of sp³-hybridized carbons (Fsp3) is 0.364. The van der Waals surface area contributed by atoms with Crippen molar-refractivity contribution in [3.8, 4) is 0 Å². The van der Waals surface area contributed by atoms with Crippen LogP contribution in [0.25, 0.3) is 0 Å². The molecule has 6 heteroatoms. The Morgan fingerprint density at radius 3 is 2.35 bits per heavy atom. The first-order chi connectivity index (χ1) is 7.72. The molecule has 0 spiro atoms. The van der Waals surface area contributed by atoms with E-state index in [1.54, 1.807) is 6.07 Å². The van der Waals surface area contributed by atoms with E-state index in [0.29, 0.717) is 5.56 Å². The van der Waals surface area contributed by atoms with Gasteiger partial charge >= 0.3 is 7.60 Å². The Hall–Kier alpha value is -1.16. The van der Waals surface area contributed by atoms with Gasteiger partial charge in [-0.25, -0.2) is 0 Å². The third-order valence-electron chi connectivity index (χ3n) is 2.75. The molecule has 0 aromatic heterocycles. The van der Waals surface area contributed by atoms with Crippen LogP contribution in [0.4, 0.5) is 0 Å². The van der Waals surface area contributed by atoms with Crippen molar-refractivity contribution in [2.45, 2.75) is 20.8 Å². The summed E-state index contributed by atoms with van der Waals surface area (Å²) >= 11 is 0. The molecule has 94 valence electrons. The van der Waals surface area contributed by atoms with Crippen LogP contribution >= 0.6 is 7.60 Å². The summed E-state index contributed by atoms with van der Waals surface area (Å²) < 4.78 is 10.7. The van der Waals surface area contributed by atoms with E-state index in [1.807, 2.05) is 26.8 Å². The van der Waals surface area contributed by atoms with Crippen LogP contribution in [0.15, 0.2) is 12.1 Å². The smallest absolute Gasteiger partial charge is 0.340 e. The predicted molar refractivity (Wildman–Crippen MR) is 65.0 cm³/mol. The first-order valence-electron chi connectivity index (χ1n) is 5.12. The molecule has 0 heterocycles. The SMILES string of the molecule is Cc1ccc(C(=O)NCP(=O)(O)O)c(C)c1C. The van der Waals surface area contributed by atoms with E-state index >= 15 is 0 Å². The molecule has 0 saturated heterocycles. The number of hydrogen-bond donors (Lipinski definition) is 3. The van der Waals surface area contributed by atoms with E-state index in [-0.39, 0.29) is 0 Å². The van der Waals surface area contributed by atoms with Gasteiger partial charge in [-0.1, -0.05) is 6.07 Å². The summed E-state index contributed by atoms with van der Waals surface area (Å²) in [6.45, 7) is 5.67. The largest absolute Gasteiger partial charge is 0.344 e. The molecule has 0 aliphatic rings. The minimum absolute atomic E-state index is 0.446. The highest BCUT2D eigenvalue weighted by molar-refractivity contribution is 7.51. The van der Waals surface area contributed by atoms with Gasteiger partial charge in [0.1, 0.15) is 6.29 Å². The van der Waals surface area contributed by atoms with Crippen molar-refractivity contribution in [1.82, 2.24) is 5.32 Å². The summed E-state index contributed by atoms with van der Waals surface area (Å²) in [6.07, 6.45) is -0.641. The maximum absolute atomic E-state index is 11.7. The van der Waals surface area contributed by atoms with Crippen LogP contribution in [-0.2, 0) is 4.57 Å². The number of aryl methyl sites for hydroxylation is 1. The molecule has 0 atom stereocenters. The monoisotopic (exact) mass is 257 g/mol. The summed E-state index contributed by atoms with van der Waals surface area (Å²) in [4.78, 5) is 29.1. The number of benzene rings is 1. The number of amides is 1. The quantitative estimate of drug-likeness (QED) is 0.716. The highest BCUT2D eigenvalue weighted by Crippen LogP contribution is 2.32. The normalized spacial score (nSPS) is 11.4. The fourth-order valence-electron chi connectivity index (χ4n) is 1.47. The van der Waals surface area contributed by atoms with Crippen LogP contribution in [0.2, 0.25) is 0 Å². The second-order valence-electron chi connectivity index (χ2n) is 4.01. The van der Waals surface area contributed by atoms with Gasteiger partial charge in [0.05, 0.1) is 0 Å². The molecule has 0 aliphatic heterocycles. The Balaban J connectivity index is 2.91. The van der Waals surface area contributed by atoms with Crippen molar-refractivity contribution in [3.63, 3.8) is 0 Å². The van der Waals surface area contributed by atoms with E-state index in [0.717, 1.165) is 16.7 Å². The van der Waals surface area contributed by atoms with Crippen molar-refractivity contribution in [2.24, 2.45) is 0 Å². The zero-order chi connectivity index (χ0) is 13.2. The van der Waals surface area contributed by atoms with Crippen molar-refractivity contribution in [3.05, 3.63) is 34.4 Å². The third kappa shape index (κ3) is 3.66. The van der Waals surface area contributed by atoms with E-state index in [1.165, 1.54) is 0 Å². The lowest BCUT2D eigenvalue weighted by Gasteiger charge is -2.11. The topological polar surface area (TPSA) is 86.6 Å². The van der Waals surface area contributed by atoms with Gasteiger partial charge in [0.25, 0.3) is 5.91 Å². The number of nitrogens with one attached hydrogen (secondary N) is 1. The van der Waals surface area contributed by atoms with Crippen LogP contribution in [0, 0.1) is 20.8 Å². The molecule has 0 fully saturated rings. The lowest BCUT2D eigenvalue weighted by atomic mass is 9.98. The van der Waals surface area contributed by atoms with Crippen LogP contribution in [-0.4, -0.2) is 22.0 Å². The van der Waals surface area contributed by atoms with Gasteiger partial charge in [-0.05, 0) is 43.5 Å². The van der Waals surface area contributed by atoms with Gasteiger partial charge in [0.2, 0.25) is 0 Å². The zero-order valence-corrected chi connectivity index (χ0v) is 10.9. The lowest BCUT2D eigenvalue weighted by molar-refractivity contribution is 0.0956.